The lowest BCUT2D eigenvalue weighted by atomic mass is 9.82. The first-order valence-electron chi connectivity index (χ1n) is 10.4. The minimum Gasteiger partial charge on any atom is -0.399 e. The minimum absolute atomic E-state index is 0.103. The molecule has 3 heterocycles. The maximum absolute atomic E-state index is 12.5. The zero-order valence-corrected chi connectivity index (χ0v) is 18.6. The monoisotopic (exact) mass is 430 g/mol. The van der Waals surface area contributed by atoms with Crippen molar-refractivity contribution in [3.8, 4) is 0 Å². The smallest absolute Gasteiger partial charge is 0.399 e. The number of aromatic nitrogens is 2. The highest BCUT2D eigenvalue weighted by molar-refractivity contribution is 6.62. The third-order valence-electron chi connectivity index (χ3n) is 6.35. The van der Waals surface area contributed by atoms with Crippen molar-refractivity contribution in [1.82, 2.24) is 14.7 Å². The standard InChI is InChI=1S/C21H28BClN4O3/c1-20(2)21(3,4)30-22(29-20)15-13-24-27(14-15)18-8-10-26(11-9-18)19(28)25-17-7-5-6-16(23)12-17/h5-7,12-14,18H,8-11H2,1-4H3,(H,25,28). The molecule has 0 spiro atoms. The predicted octanol–water partition coefficient (Wildman–Crippen LogP) is 3.70. The van der Waals surface area contributed by atoms with Crippen molar-refractivity contribution in [1.29, 1.82) is 0 Å². The van der Waals surface area contributed by atoms with Crippen LogP contribution in [-0.2, 0) is 9.31 Å². The molecule has 0 atom stereocenters. The Labute approximate surface area is 182 Å². The fourth-order valence-electron chi connectivity index (χ4n) is 3.76. The number of urea groups is 1. The molecule has 0 radical (unpaired) electrons. The van der Waals surface area contributed by atoms with E-state index in [2.05, 4.69) is 10.4 Å². The third kappa shape index (κ3) is 4.22. The molecule has 1 aromatic heterocycles. The van der Waals surface area contributed by atoms with E-state index in [1.54, 1.807) is 12.1 Å². The van der Waals surface area contributed by atoms with E-state index in [-0.39, 0.29) is 23.3 Å². The van der Waals surface area contributed by atoms with Gasteiger partial charge < -0.3 is 19.5 Å². The van der Waals surface area contributed by atoms with Crippen molar-refractivity contribution in [3.05, 3.63) is 41.7 Å². The second kappa shape index (κ2) is 7.91. The number of carbonyl (C=O) groups is 1. The largest absolute Gasteiger partial charge is 0.498 e. The van der Waals surface area contributed by atoms with Gasteiger partial charge in [-0.3, -0.25) is 4.68 Å². The van der Waals surface area contributed by atoms with Crippen LogP contribution in [0.5, 0.6) is 0 Å². The number of anilines is 1. The number of hydrogen-bond acceptors (Lipinski definition) is 4. The number of hydrogen-bond donors (Lipinski definition) is 1. The molecule has 0 aliphatic carbocycles. The van der Waals surface area contributed by atoms with Crippen LogP contribution >= 0.6 is 11.6 Å². The lowest BCUT2D eigenvalue weighted by molar-refractivity contribution is 0.00578. The quantitative estimate of drug-likeness (QED) is 0.754. The highest BCUT2D eigenvalue weighted by atomic mass is 35.5. The van der Waals surface area contributed by atoms with Crippen LogP contribution in [0.4, 0.5) is 10.5 Å². The van der Waals surface area contributed by atoms with Gasteiger partial charge in [0.25, 0.3) is 0 Å². The molecule has 9 heteroatoms. The van der Waals surface area contributed by atoms with E-state index in [0.29, 0.717) is 23.8 Å². The van der Waals surface area contributed by atoms with Gasteiger partial charge >= 0.3 is 13.1 Å². The second-order valence-corrected chi connectivity index (χ2v) is 9.44. The van der Waals surface area contributed by atoms with E-state index in [0.717, 1.165) is 18.3 Å². The van der Waals surface area contributed by atoms with Gasteiger partial charge in [-0.2, -0.15) is 5.10 Å². The summed E-state index contributed by atoms with van der Waals surface area (Å²) in [7, 11) is -0.410. The van der Waals surface area contributed by atoms with Gasteiger partial charge in [0, 0.05) is 41.7 Å². The van der Waals surface area contributed by atoms with Crippen molar-refractivity contribution >= 4 is 35.9 Å². The van der Waals surface area contributed by atoms with Crippen molar-refractivity contribution in [2.45, 2.75) is 57.8 Å². The lowest BCUT2D eigenvalue weighted by Gasteiger charge is -2.32. The first-order chi connectivity index (χ1) is 14.1. The summed E-state index contributed by atoms with van der Waals surface area (Å²) in [5.74, 6) is 0. The lowest BCUT2D eigenvalue weighted by Crippen LogP contribution is -2.41. The van der Waals surface area contributed by atoms with Gasteiger partial charge in [0.05, 0.1) is 17.2 Å². The topological polar surface area (TPSA) is 68.6 Å². The Morgan fingerprint density at radius 1 is 1.20 bits per heavy atom. The first kappa shape index (κ1) is 21.2. The van der Waals surface area contributed by atoms with Gasteiger partial charge in [-0.05, 0) is 58.7 Å². The highest BCUT2D eigenvalue weighted by Crippen LogP contribution is 2.36. The van der Waals surface area contributed by atoms with E-state index >= 15 is 0 Å². The molecule has 2 fully saturated rings. The molecule has 2 saturated heterocycles. The summed E-state index contributed by atoms with van der Waals surface area (Å²) >= 11 is 5.99. The summed E-state index contributed by atoms with van der Waals surface area (Å²) in [4.78, 5) is 14.4. The number of likely N-dealkylation sites (tertiary alicyclic amines) is 1. The molecule has 2 aliphatic rings. The van der Waals surface area contributed by atoms with Crippen LogP contribution in [0.1, 0.15) is 46.6 Å². The van der Waals surface area contributed by atoms with Crippen LogP contribution in [-0.4, -0.2) is 52.1 Å². The van der Waals surface area contributed by atoms with Crippen LogP contribution in [0, 0.1) is 0 Å². The number of piperidine rings is 1. The molecule has 2 amide bonds. The fraction of sp³-hybridized carbons (Fsp3) is 0.524. The number of rotatable bonds is 3. The third-order valence-corrected chi connectivity index (χ3v) is 6.58. The van der Waals surface area contributed by atoms with Gasteiger partial charge in [0.15, 0.2) is 0 Å². The molecule has 160 valence electrons. The molecular weight excluding hydrogens is 403 g/mol. The average Bonchev–Trinajstić information content (AvgIpc) is 3.25. The van der Waals surface area contributed by atoms with Gasteiger partial charge in [-0.1, -0.05) is 17.7 Å². The van der Waals surface area contributed by atoms with Crippen molar-refractivity contribution in [2.75, 3.05) is 18.4 Å². The fourth-order valence-corrected chi connectivity index (χ4v) is 3.95. The molecule has 7 nitrogen and oxygen atoms in total. The summed E-state index contributed by atoms with van der Waals surface area (Å²) in [6.45, 7) is 9.51. The Hall–Kier alpha value is -2.03. The van der Waals surface area contributed by atoms with E-state index in [4.69, 9.17) is 20.9 Å². The van der Waals surface area contributed by atoms with E-state index < -0.39 is 7.12 Å². The van der Waals surface area contributed by atoms with Crippen molar-refractivity contribution in [2.24, 2.45) is 0 Å². The number of carbonyl (C=O) groups excluding carboxylic acids is 1. The minimum atomic E-state index is -0.410. The van der Waals surface area contributed by atoms with Gasteiger partial charge in [0.1, 0.15) is 0 Å². The van der Waals surface area contributed by atoms with Crippen molar-refractivity contribution < 1.29 is 14.1 Å². The second-order valence-electron chi connectivity index (χ2n) is 9.00. The molecule has 0 saturated carbocycles. The number of nitrogens with zero attached hydrogens (tertiary/aromatic N) is 3. The molecule has 30 heavy (non-hydrogen) atoms. The molecule has 2 aromatic rings. The van der Waals surface area contributed by atoms with Crippen LogP contribution < -0.4 is 10.8 Å². The molecule has 1 aromatic carbocycles. The summed E-state index contributed by atoms with van der Waals surface area (Å²) in [5, 5.41) is 8.06. The van der Waals surface area contributed by atoms with E-state index in [1.807, 2.05) is 61.8 Å². The SMILES string of the molecule is CC1(C)OB(c2cnn(C3CCN(C(=O)Nc4cccc(Cl)c4)CC3)c2)OC1(C)C. The van der Waals surface area contributed by atoms with Crippen LogP contribution in [0.2, 0.25) is 5.02 Å². The Bertz CT molecular complexity index is 908. The summed E-state index contributed by atoms with van der Waals surface area (Å²) in [6.07, 6.45) is 5.51. The number of nitrogens with one attached hydrogen (secondary N) is 1. The van der Waals surface area contributed by atoms with E-state index in [9.17, 15) is 4.79 Å². The maximum Gasteiger partial charge on any atom is 0.498 e. The number of amides is 2. The van der Waals surface area contributed by atoms with E-state index in [1.165, 1.54) is 0 Å². The molecule has 0 unspecified atom stereocenters. The zero-order valence-electron chi connectivity index (χ0n) is 17.9. The molecule has 2 aliphatic heterocycles. The maximum atomic E-state index is 12.5. The Morgan fingerprint density at radius 3 is 2.50 bits per heavy atom. The Balaban J connectivity index is 1.33. The van der Waals surface area contributed by atoms with Crippen LogP contribution in [0.25, 0.3) is 0 Å². The highest BCUT2D eigenvalue weighted by Gasteiger charge is 2.52. The molecule has 1 N–H and O–H groups in total. The van der Waals surface area contributed by atoms with Gasteiger partial charge in [0.2, 0.25) is 0 Å². The normalized spacial score (nSPS) is 21.1. The summed E-state index contributed by atoms with van der Waals surface area (Å²) in [5.41, 5.74) is 0.881. The summed E-state index contributed by atoms with van der Waals surface area (Å²) < 4.78 is 14.2. The molecule has 0 bridgehead atoms. The molecular formula is C21H28BClN4O3. The number of halogens is 1. The zero-order chi connectivity index (χ0) is 21.5. The number of benzene rings is 1. The predicted molar refractivity (Wildman–Crippen MR) is 118 cm³/mol. The Morgan fingerprint density at radius 2 is 1.87 bits per heavy atom. The van der Waals surface area contributed by atoms with Crippen LogP contribution in [0.15, 0.2) is 36.7 Å². The van der Waals surface area contributed by atoms with Crippen LogP contribution in [0.3, 0.4) is 0 Å². The first-order valence-corrected chi connectivity index (χ1v) is 10.7. The van der Waals surface area contributed by atoms with Gasteiger partial charge in [-0.25, -0.2) is 4.79 Å². The average molecular weight is 431 g/mol. The molecule has 4 rings (SSSR count). The summed E-state index contributed by atoms with van der Waals surface area (Å²) in [6, 6.07) is 7.32. The Kier molecular flexibility index (Phi) is 5.59. The van der Waals surface area contributed by atoms with Gasteiger partial charge in [-0.15, -0.1) is 0 Å². The van der Waals surface area contributed by atoms with Crippen molar-refractivity contribution in [3.63, 3.8) is 0 Å².